The Morgan fingerprint density at radius 2 is 1.86 bits per heavy atom. The molecule has 1 N–H and O–H groups in total. The van der Waals surface area contributed by atoms with Crippen molar-refractivity contribution in [1.82, 2.24) is 5.32 Å². The molecule has 0 radical (unpaired) electrons. The van der Waals surface area contributed by atoms with E-state index in [1.807, 2.05) is 0 Å². The molecule has 1 nitrogen and oxygen atoms in total. The van der Waals surface area contributed by atoms with Gasteiger partial charge in [-0.15, -0.1) is 0 Å². The summed E-state index contributed by atoms with van der Waals surface area (Å²) in [6.07, 6.45) is 8.22. The number of nitrogens with one attached hydrogen (secondary N) is 1. The summed E-state index contributed by atoms with van der Waals surface area (Å²) in [4.78, 5) is 0. The second-order valence-corrected chi connectivity index (χ2v) is 6.37. The molecule has 1 aliphatic rings. The molecule has 1 aliphatic carbocycles. The lowest BCUT2D eigenvalue weighted by atomic mass is 9.83. The first-order valence-corrected chi connectivity index (χ1v) is 8.30. The van der Waals surface area contributed by atoms with Gasteiger partial charge in [-0.1, -0.05) is 39.0 Å². The Balaban J connectivity index is 2.16. The van der Waals surface area contributed by atoms with Crippen LogP contribution in [0.25, 0.3) is 0 Å². The van der Waals surface area contributed by atoms with Crippen molar-refractivity contribution in [2.45, 2.75) is 64.8 Å². The van der Waals surface area contributed by atoms with Crippen molar-refractivity contribution >= 4 is 0 Å². The highest BCUT2D eigenvalue weighted by molar-refractivity contribution is 5.27. The molecule has 0 heterocycles. The van der Waals surface area contributed by atoms with Crippen LogP contribution in [0.1, 0.15) is 69.0 Å². The van der Waals surface area contributed by atoms with Gasteiger partial charge >= 0.3 is 0 Å². The van der Waals surface area contributed by atoms with Crippen molar-refractivity contribution in [2.24, 2.45) is 5.92 Å². The lowest BCUT2D eigenvalue weighted by Gasteiger charge is -2.28. The van der Waals surface area contributed by atoms with Crippen LogP contribution < -0.4 is 5.32 Å². The quantitative estimate of drug-likeness (QED) is 0.752. The molecule has 1 unspecified atom stereocenters. The van der Waals surface area contributed by atoms with Crippen molar-refractivity contribution in [2.75, 3.05) is 6.54 Å². The topological polar surface area (TPSA) is 12.0 Å². The molecule has 0 bridgehead atoms. The fourth-order valence-corrected chi connectivity index (χ4v) is 3.32. The first-order valence-electron chi connectivity index (χ1n) is 8.30. The number of benzene rings is 1. The van der Waals surface area contributed by atoms with Gasteiger partial charge in [0.2, 0.25) is 0 Å². The molecule has 1 fully saturated rings. The highest BCUT2D eigenvalue weighted by Gasteiger charge is 2.23. The molecule has 2 rings (SSSR count). The van der Waals surface area contributed by atoms with Gasteiger partial charge in [-0.25, -0.2) is 8.78 Å². The summed E-state index contributed by atoms with van der Waals surface area (Å²) in [5, 5.41) is 3.41. The van der Waals surface area contributed by atoms with Crippen LogP contribution in [0.2, 0.25) is 0 Å². The van der Waals surface area contributed by atoms with Gasteiger partial charge in [0.25, 0.3) is 0 Å². The van der Waals surface area contributed by atoms with E-state index in [9.17, 15) is 8.78 Å². The van der Waals surface area contributed by atoms with Gasteiger partial charge in [-0.05, 0) is 49.9 Å². The van der Waals surface area contributed by atoms with Gasteiger partial charge in [0.1, 0.15) is 11.6 Å². The first kappa shape index (κ1) is 16.4. The predicted molar refractivity (Wildman–Crippen MR) is 83.3 cm³/mol. The molecular formula is C18H27F2N. The van der Waals surface area contributed by atoms with Crippen LogP contribution in [-0.2, 0) is 0 Å². The van der Waals surface area contributed by atoms with Gasteiger partial charge in [-0.2, -0.15) is 0 Å². The molecule has 0 amide bonds. The highest BCUT2D eigenvalue weighted by Crippen LogP contribution is 2.33. The minimum atomic E-state index is -0.307. The smallest absolute Gasteiger partial charge is 0.128 e. The third-order valence-electron chi connectivity index (χ3n) is 4.59. The van der Waals surface area contributed by atoms with E-state index in [2.05, 4.69) is 12.2 Å². The zero-order valence-electron chi connectivity index (χ0n) is 13.2. The number of rotatable bonds is 6. The van der Waals surface area contributed by atoms with Crippen LogP contribution >= 0.6 is 0 Å². The highest BCUT2D eigenvalue weighted by atomic mass is 19.1. The summed E-state index contributed by atoms with van der Waals surface area (Å²) in [5.41, 5.74) is 0.875. The number of hydrogen-bond acceptors (Lipinski definition) is 1. The van der Waals surface area contributed by atoms with E-state index in [1.54, 1.807) is 6.92 Å². The van der Waals surface area contributed by atoms with E-state index < -0.39 is 0 Å². The summed E-state index contributed by atoms with van der Waals surface area (Å²) in [6, 6.07) is 2.65. The Kier molecular flexibility index (Phi) is 6.16. The monoisotopic (exact) mass is 295 g/mol. The van der Waals surface area contributed by atoms with E-state index >= 15 is 0 Å². The Hall–Kier alpha value is -0.960. The van der Waals surface area contributed by atoms with Crippen molar-refractivity contribution in [3.8, 4) is 0 Å². The first-order chi connectivity index (χ1) is 10.1. The molecular weight excluding hydrogens is 268 g/mol. The summed E-state index contributed by atoms with van der Waals surface area (Å²) in [7, 11) is 0. The molecule has 118 valence electrons. The molecule has 0 saturated heterocycles. The maximum atomic E-state index is 14.3. The van der Waals surface area contributed by atoms with Crippen molar-refractivity contribution in [3.05, 3.63) is 34.9 Å². The molecule has 1 aromatic rings. The van der Waals surface area contributed by atoms with E-state index in [-0.39, 0.29) is 17.7 Å². The zero-order valence-corrected chi connectivity index (χ0v) is 13.2. The minimum absolute atomic E-state index is 0.0665. The van der Waals surface area contributed by atoms with Gasteiger partial charge in [0, 0.05) is 11.6 Å². The van der Waals surface area contributed by atoms with Crippen LogP contribution in [0, 0.1) is 24.5 Å². The Morgan fingerprint density at radius 3 is 2.52 bits per heavy atom. The standard InChI is InChI=1S/C18H27F2N/c1-3-9-21-18(11-14-7-5-4-6-8-14)15-12-16(19)13(2)10-17(15)20/h10,12,14,18,21H,3-9,11H2,1-2H3. The average molecular weight is 295 g/mol. The molecule has 1 saturated carbocycles. The second kappa shape index (κ2) is 7.88. The van der Waals surface area contributed by atoms with Crippen molar-refractivity contribution < 1.29 is 8.78 Å². The second-order valence-electron chi connectivity index (χ2n) is 6.37. The van der Waals surface area contributed by atoms with E-state index in [4.69, 9.17) is 0 Å². The van der Waals surface area contributed by atoms with E-state index in [0.717, 1.165) is 19.4 Å². The Labute approximate surface area is 127 Å². The van der Waals surface area contributed by atoms with Crippen molar-refractivity contribution in [1.29, 1.82) is 0 Å². The maximum Gasteiger partial charge on any atom is 0.128 e. The van der Waals surface area contributed by atoms with Crippen LogP contribution in [0.5, 0.6) is 0 Å². The normalized spacial score (nSPS) is 17.9. The van der Waals surface area contributed by atoms with Crippen LogP contribution in [0.15, 0.2) is 12.1 Å². The van der Waals surface area contributed by atoms with E-state index in [0.29, 0.717) is 17.0 Å². The van der Waals surface area contributed by atoms with Gasteiger partial charge in [0.05, 0.1) is 0 Å². The Bertz CT molecular complexity index is 453. The third-order valence-corrected chi connectivity index (χ3v) is 4.59. The molecule has 3 heteroatoms. The summed E-state index contributed by atoms with van der Waals surface area (Å²) in [5.74, 6) is 0.0496. The maximum absolute atomic E-state index is 14.3. The average Bonchev–Trinajstić information content (AvgIpc) is 2.48. The zero-order chi connectivity index (χ0) is 15.2. The summed E-state index contributed by atoms with van der Waals surface area (Å²) in [6.45, 7) is 4.54. The fourth-order valence-electron chi connectivity index (χ4n) is 3.32. The summed E-state index contributed by atoms with van der Waals surface area (Å²) >= 11 is 0. The van der Waals surface area contributed by atoms with Crippen molar-refractivity contribution in [3.63, 3.8) is 0 Å². The summed E-state index contributed by atoms with van der Waals surface area (Å²) < 4.78 is 28.1. The number of hydrogen-bond donors (Lipinski definition) is 1. The fraction of sp³-hybridized carbons (Fsp3) is 0.667. The van der Waals surface area contributed by atoms with Crippen LogP contribution in [0.4, 0.5) is 8.78 Å². The van der Waals surface area contributed by atoms with Crippen LogP contribution in [-0.4, -0.2) is 6.54 Å². The molecule has 0 spiro atoms. The number of aryl methyl sites for hydroxylation is 1. The molecule has 1 aromatic carbocycles. The lowest BCUT2D eigenvalue weighted by molar-refractivity contribution is 0.296. The SMILES string of the molecule is CCCNC(CC1CCCCC1)c1cc(F)c(C)cc1F. The third kappa shape index (κ3) is 4.50. The largest absolute Gasteiger partial charge is 0.310 e. The number of halogens is 2. The lowest BCUT2D eigenvalue weighted by Crippen LogP contribution is -2.26. The molecule has 0 aromatic heterocycles. The van der Waals surface area contributed by atoms with Gasteiger partial charge in [-0.3, -0.25) is 0 Å². The van der Waals surface area contributed by atoms with E-state index in [1.165, 1.54) is 44.2 Å². The van der Waals surface area contributed by atoms with Crippen LogP contribution in [0.3, 0.4) is 0 Å². The van der Waals surface area contributed by atoms with Gasteiger partial charge in [0.15, 0.2) is 0 Å². The molecule has 21 heavy (non-hydrogen) atoms. The molecule has 0 aliphatic heterocycles. The predicted octanol–water partition coefficient (Wildman–Crippen LogP) is 5.28. The molecule has 1 atom stereocenters. The van der Waals surface area contributed by atoms with Gasteiger partial charge < -0.3 is 5.32 Å². The minimum Gasteiger partial charge on any atom is -0.310 e. The Morgan fingerprint density at radius 1 is 1.14 bits per heavy atom.